The molecule has 7 heteroatoms. The van der Waals surface area contributed by atoms with Gasteiger partial charge < -0.3 is 10.1 Å². The molecule has 6 nitrogen and oxygen atoms in total. The molecular weight excluding hydrogens is 304 g/mol. The molecule has 0 saturated heterocycles. The van der Waals surface area contributed by atoms with E-state index in [1.165, 1.54) is 10.6 Å². The Labute approximate surface area is 132 Å². The van der Waals surface area contributed by atoms with E-state index in [1.54, 1.807) is 31.4 Å². The van der Waals surface area contributed by atoms with Crippen molar-refractivity contribution >= 4 is 21.6 Å². The van der Waals surface area contributed by atoms with Crippen molar-refractivity contribution in [2.45, 2.75) is 26.2 Å². The van der Waals surface area contributed by atoms with Crippen molar-refractivity contribution in [1.29, 1.82) is 0 Å². The van der Waals surface area contributed by atoms with Crippen LogP contribution in [0, 0.1) is 0 Å². The molecular formula is C15H24N2O4S. The molecule has 1 N–H and O–H groups in total. The van der Waals surface area contributed by atoms with Gasteiger partial charge in [0.2, 0.25) is 15.9 Å². The summed E-state index contributed by atoms with van der Waals surface area (Å²) in [6.45, 7) is 2.63. The van der Waals surface area contributed by atoms with Crippen LogP contribution in [0.3, 0.4) is 0 Å². The number of nitrogens with zero attached hydrogens (tertiary/aromatic N) is 1. The predicted molar refractivity (Wildman–Crippen MR) is 87.6 cm³/mol. The molecule has 0 fully saturated rings. The molecule has 0 aromatic heterocycles. The molecule has 1 aromatic rings. The lowest BCUT2D eigenvalue weighted by atomic mass is 10.3. The van der Waals surface area contributed by atoms with Gasteiger partial charge in [-0.2, -0.15) is 0 Å². The topological polar surface area (TPSA) is 75.7 Å². The quantitative estimate of drug-likeness (QED) is 0.753. The summed E-state index contributed by atoms with van der Waals surface area (Å²) in [6, 6.07) is 7.03. The minimum atomic E-state index is -3.28. The van der Waals surface area contributed by atoms with Crippen molar-refractivity contribution in [2.75, 3.05) is 31.8 Å². The predicted octanol–water partition coefficient (Wildman–Crippen LogP) is 2.09. The highest BCUT2D eigenvalue weighted by atomic mass is 32.2. The Hall–Kier alpha value is -1.60. The third-order valence-corrected chi connectivity index (χ3v) is 4.48. The SMILES string of the molecule is CCCCN(CCC(=O)Nc1cccc(OC)c1)S(C)(=O)=O. The van der Waals surface area contributed by atoms with Gasteiger partial charge in [0.15, 0.2) is 0 Å². The van der Waals surface area contributed by atoms with Gasteiger partial charge in [-0.1, -0.05) is 19.4 Å². The number of carbonyl (C=O) groups excluding carboxylic acids is 1. The molecule has 1 rings (SSSR count). The molecule has 0 unspecified atom stereocenters. The van der Waals surface area contributed by atoms with E-state index in [1.807, 2.05) is 6.92 Å². The second-order valence-electron chi connectivity index (χ2n) is 5.05. The summed E-state index contributed by atoms with van der Waals surface area (Å²) in [5, 5.41) is 2.74. The molecule has 0 aliphatic rings. The van der Waals surface area contributed by atoms with E-state index in [-0.39, 0.29) is 18.9 Å². The second-order valence-corrected chi connectivity index (χ2v) is 7.03. The fraction of sp³-hybridized carbons (Fsp3) is 0.533. The number of hydrogen-bond donors (Lipinski definition) is 1. The Morgan fingerprint density at radius 2 is 2.05 bits per heavy atom. The number of carbonyl (C=O) groups is 1. The van der Waals surface area contributed by atoms with Gasteiger partial charge in [0.1, 0.15) is 5.75 Å². The summed E-state index contributed by atoms with van der Waals surface area (Å²) in [5.74, 6) is 0.428. The first-order chi connectivity index (χ1) is 10.4. The lowest BCUT2D eigenvalue weighted by Gasteiger charge is -2.19. The average molecular weight is 328 g/mol. The molecule has 0 spiro atoms. The van der Waals surface area contributed by atoms with Gasteiger partial charge in [0.25, 0.3) is 0 Å². The summed E-state index contributed by atoms with van der Waals surface area (Å²) in [7, 11) is -1.73. The zero-order valence-corrected chi connectivity index (χ0v) is 14.1. The first kappa shape index (κ1) is 18.4. The minimum absolute atomic E-state index is 0.119. The Bertz CT molecular complexity index is 587. The lowest BCUT2D eigenvalue weighted by Crippen LogP contribution is -2.33. The zero-order valence-electron chi connectivity index (χ0n) is 13.3. The van der Waals surface area contributed by atoms with Crippen LogP contribution in [0.2, 0.25) is 0 Å². The van der Waals surface area contributed by atoms with Crippen molar-refractivity contribution < 1.29 is 17.9 Å². The van der Waals surface area contributed by atoms with Crippen LogP contribution in [0.25, 0.3) is 0 Å². The molecule has 124 valence electrons. The molecule has 0 saturated carbocycles. The van der Waals surface area contributed by atoms with Crippen LogP contribution in [0.4, 0.5) is 5.69 Å². The summed E-state index contributed by atoms with van der Waals surface area (Å²) < 4.78 is 29.8. The summed E-state index contributed by atoms with van der Waals surface area (Å²) >= 11 is 0. The van der Waals surface area contributed by atoms with Crippen LogP contribution in [0.1, 0.15) is 26.2 Å². The van der Waals surface area contributed by atoms with E-state index in [0.29, 0.717) is 18.0 Å². The van der Waals surface area contributed by atoms with E-state index in [4.69, 9.17) is 4.74 Å². The van der Waals surface area contributed by atoms with Crippen molar-refractivity contribution in [1.82, 2.24) is 4.31 Å². The highest BCUT2D eigenvalue weighted by Gasteiger charge is 2.17. The average Bonchev–Trinajstić information content (AvgIpc) is 2.46. The van der Waals surface area contributed by atoms with Crippen molar-refractivity contribution in [3.05, 3.63) is 24.3 Å². The first-order valence-electron chi connectivity index (χ1n) is 7.26. The molecule has 0 atom stereocenters. The van der Waals surface area contributed by atoms with Gasteiger partial charge in [-0.15, -0.1) is 0 Å². The Morgan fingerprint density at radius 3 is 2.64 bits per heavy atom. The molecule has 0 radical (unpaired) electrons. The smallest absolute Gasteiger partial charge is 0.225 e. The zero-order chi connectivity index (χ0) is 16.6. The Kier molecular flexibility index (Phi) is 7.34. The number of hydrogen-bond acceptors (Lipinski definition) is 4. The number of nitrogens with one attached hydrogen (secondary N) is 1. The summed E-state index contributed by atoms with van der Waals surface area (Å²) in [4.78, 5) is 11.9. The Morgan fingerprint density at radius 1 is 1.32 bits per heavy atom. The van der Waals surface area contributed by atoms with E-state index in [0.717, 1.165) is 12.8 Å². The van der Waals surface area contributed by atoms with Crippen LogP contribution in [-0.2, 0) is 14.8 Å². The van der Waals surface area contributed by atoms with Crippen LogP contribution < -0.4 is 10.1 Å². The molecule has 22 heavy (non-hydrogen) atoms. The molecule has 0 heterocycles. The number of ether oxygens (including phenoxy) is 1. The van der Waals surface area contributed by atoms with Crippen LogP contribution >= 0.6 is 0 Å². The van der Waals surface area contributed by atoms with E-state index < -0.39 is 10.0 Å². The van der Waals surface area contributed by atoms with Gasteiger partial charge in [-0.3, -0.25) is 4.79 Å². The number of anilines is 1. The lowest BCUT2D eigenvalue weighted by molar-refractivity contribution is -0.116. The number of benzene rings is 1. The van der Waals surface area contributed by atoms with E-state index in [9.17, 15) is 13.2 Å². The summed E-state index contributed by atoms with van der Waals surface area (Å²) in [6.07, 6.45) is 2.98. The third kappa shape index (κ3) is 6.44. The maximum Gasteiger partial charge on any atom is 0.225 e. The maximum atomic E-state index is 11.9. The number of sulfonamides is 1. The van der Waals surface area contributed by atoms with Crippen LogP contribution in [0.5, 0.6) is 5.75 Å². The van der Waals surface area contributed by atoms with Crippen LogP contribution in [0.15, 0.2) is 24.3 Å². The second kappa shape index (κ2) is 8.75. The number of amides is 1. The Balaban J connectivity index is 2.56. The molecule has 1 aromatic carbocycles. The number of methoxy groups -OCH3 is 1. The normalized spacial score (nSPS) is 11.5. The van der Waals surface area contributed by atoms with Crippen molar-refractivity contribution in [2.24, 2.45) is 0 Å². The minimum Gasteiger partial charge on any atom is -0.497 e. The highest BCUT2D eigenvalue weighted by molar-refractivity contribution is 7.88. The largest absolute Gasteiger partial charge is 0.497 e. The van der Waals surface area contributed by atoms with E-state index in [2.05, 4.69) is 5.32 Å². The third-order valence-electron chi connectivity index (χ3n) is 3.17. The monoisotopic (exact) mass is 328 g/mol. The number of unbranched alkanes of at least 4 members (excludes halogenated alkanes) is 1. The molecule has 0 aliphatic heterocycles. The van der Waals surface area contributed by atoms with Gasteiger partial charge in [0.05, 0.1) is 13.4 Å². The standard InChI is InChI=1S/C15H24N2O4S/c1-4-5-10-17(22(3,19)20)11-9-15(18)16-13-7-6-8-14(12-13)21-2/h6-8,12H,4-5,9-11H2,1-3H3,(H,16,18). The molecule has 1 amide bonds. The van der Waals surface area contributed by atoms with Gasteiger partial charge in [-0.25, -0.2) is 12.7 Å². The van der Waals surface area contributed by atoms with Gasteiger partial charge >= 0.3 is 0 Å². The molecule has 0 bridgehead atoms. The van der Waals surface area contributed by atoms with Gasteiger partial charge in [-0.05, 0) is 18.6 Å². The fourth-order valence-corrected chi connectivity index (χ4v) is 2.81. The number of rotatable bonds is 9. The highest BCUT2D eigenvalue weighted by Crippen LogP contribution is 2.16. The van der Waals surface area contributed by atoms with Crippen molar-refractivity contribution in [3.63, 3.8) is 0 Å². The van der Waals surface area contributed by atoms with Crippen molar-refractivity contribution in [3.8, 4) is 5.75 Å². The van der Waals surface area contributed by atoms with Crippen LogP contribution in [-0.4, -0.2) is 45.1 Å². The fourth-order valence-electron chi connectivity index (χ4n) is 1.93. The first-order valence-corrected chi connectivity index (χ1v) is 9.10. The maximum absolute atomic E-state index is 11.9. The van der Waals surface area contributed by atoms with E-state index >= 15 is 0 Å². The summed E-state index contributed by atoms with van der Waals surface area (Å²) in [5.41, 5.74) is 0.629. The molecule has 0 aliphatic carbocycles. The van der Waals surface area contributed by atoms with Gasteiger partial charge in [0, 0.05) is 31.3 Å².